The van der Waals surface area contributed by atoms with Crippen LogP contribution in [0.1, 0.15) is 33.1 Å². The van der Waals surface area contributed by atoms with E-state index in [9.17, 15) is 9.59 Å². The number of hydrogen-bond donors (Lipinski definition) is 1. The zero-order chi connectivity index (χ0) is 17.5. The molecule has 1 aliphatic rings. The molecule has 1 aromatic carbocycles. The summed E-state index contributed by atoms with van der Waals surface area (Å²) < 4.78 is 10.2. The Labute approximate surface area is 147 Å². The molecule has 1 N–H and O–H groups in total. The minimum Gasteiger partial charge on any atom is -0.480 e. The van der Waals surface area contributed by atoms with E-state index in [2.05, 4.69) is 19.2 Å². The summed E-state index contributed by atoms with van der Waals surface area (Å²) in [7, 11) is 0. The molecule has 1 saturated carbocycles. The Morgan fingerprint density at radius 1 is 1.21 bits per heavy atom. The summed E-state index contributed by atoms with van der Waals surface area (Å²) in [4.78, 5) is 23.6. The summed E-state index contributed by atoms with van der Waals surface area (Å²) in [5.41, 5.74) is 0. The van der Waals surface area contributed by atoms with Crippen LogP contribution in [0.15, 0.2) is 24.3 Å². The summed E-state index contributed by atoms with van der Waals surface area (Å²) in [5.74, 6) is 0.560. The van der Waals surface area contributed by atoms with Crippen molar-refractivity contribution in [3.63, 3.8) is 0 Å². The van der Waals surface area contributed by atoms with Crippen LogP contribution < -0.4 is 10.1 Å². The van der Waals surface area contributed by atoms with E-state index < -0.39 is 5.97 Å². The minimum atomic E-state index is -0.602. The number of esters is 1. The van der Waals surface area contributed by atoms with Crippen LogP contribution in [0.25, 0.3) is 0 Å². The van der Waals surface area contributed by atoms with Gasteiger partial charge in [-0.2, -0.15) is 0 Å². The fourth-order valence-electron chi connectivity index (χ4n) is 2.92. The SMILES string of the molecule is C[C@H]1[C@H](C)CCC[C@H]1NC(=O)COC(=O)COc1ccccc1Cl. The number of amides is 1. The lowest BCUT2D eigenvalue weighted by Crippen LogP contribution is -2.45. The molecule has 2 rings (SSSR count). The van der Waals surface area contributed by atoms with Gasteiger partial charge in [-0.25, -0.2) is 4.79 Å². The number of ether oxygens (including phenoxy) is 2. The lowest BCUT2D eigenvalue weighted by atomic mass is 9.78. The van der Waals surface area contributed by atoms with Crippen LogP contribution in [-0.4, -0.2) is 31.1 Å². The summed E-state index contributed by atoms with van der Waals surface area (Å²) in [5, 5.41) is 3.38. The van der Waals surface area contributed by atoms with Crippen LogP contribution in [0, 0.1) is 11.8 Å². The Kier molecular flexibility index (Phi) is 6.91. The normalized spacial score (nSPS) is 23.4. The average molecular weight is 354 g/mol. The molecule has 0 radical (unpaired) electrons. The highest BCUT2D eigenvalue weighted by molar-refractivity contribution is 6.32. The highest BCUT2D eigenvalue weighted by Gasteiger charge is 2.28. The molecule has 0 unspecified atom stereocenters. The Hall–Kier alpha value is -1.75. The molecule has 0 aliphatic heterocycles. The summed E-state index contributed by atoms with van der Waals surface area (Å²) in [6.45, 7) is 3.78. The van der Waals surface area contributed by atoms with E-state index in [1.54, 1.807) is 24.3 Å². The monoisotopic (exact) mass is 353 g/mol. The van der Waals surface area contributed by atoms with E-state index in [1.165, 1.54) is 6.42 Å². The van der Waals surface area contributed by atoms with Crippen molar-refractivity contribution in [3.8, 4) is 5.75 Å². The highest BCUT2D eigenvalue weighted by Crippen LogP contribution is 2.29. The molecule has 5 nitrogen and oxygen atoms in total. The molecular formula is C18H24ClNO4. The van der Waals surface area contributed by atoms with Crippen LogP contribution >= 0.6 is 11.6 Å². The Balaban J connectivity index is 1.69. The Morgan fingerprint density at radius 3 is 2.71 bits per heavy atom. The second kappa shape index (κ2) is 8.92. The Morgan fingerprint density at radius 2 is 1.96 bits per heavy atom. The fraction of sp³-hybridized carbons (Fsp3) is 0.556. The lowest BCUT2D eigenvalue weighted by molar-refractivity contribution is -0.150. The summed E-state index contributed by atoms with van der Waals surface area (Å²) in [6.07, 6.45) is 3.28. The van der Waals surface area contributed by atoms with Gasteiger partial charge < -0.3 is 14.8 Å². The van der Waals surface area contributed by atoms with Gasteiger partial charge in [-0.05, 0) is 30.4 Å². The third-order valence-electron chi connectivity index (χ3n) is 4.60. The van der Waals surface area contributed by atoms with Gasteiger partial charge >= 0.3 is 5.97 Å². The number of nitrogens with one attached hydrogen (secondary N) is 1. The van der Waals surface area contributed by atoms with Gasteiger partial charge in [0.2, 0.25) is 0 Å². The molecular weight excluding hydrogens is 330 g/mol. The number of para-hydroxylation sites is 1. The minimum absolute atomic E-state index is 0.152. The Bertz CT molecular complexity index is 578. The molecule has 0 heterocycles. The number of rotatable bonds is 6. The molecule has 1 amide bonds. The zero-order valence-electron chi connectivity index (χ0n) is 14.1. The molecule has 0 saturated heterocycles. The van der Waals surface area contributed by atoms with Crippen molar-refractivity contribution in [2.45, 2.75) is 39.2 Å². The van der Waals surface area contributed by atoms with Crippen LogP contribution in [0.4, 0.5) is 0 Å². The number of halogens is 1. The van der Waals surface area contributed by atoms with Crippen molar-refractivity contribution >= 4 is 23.5 Å². The van der Waals surface area contributed by atoms with Crippen LogP contribution in [-0.2, 0) is 14.3 Å². The maximum absolute atomic E-state index is 11.9. The molecule has 24 heavy (non-hydrogen) atoms. The summed E-state index contributed by atoms with van der Waals surface area (Å²) >= 11 is 5.93. The number of benzene rings is 1. The van der Waals surface area contributed by atoms with Crippen molar-refractivity contribution in [1.82, 2.24) is 5.32 Å². The first-order valence-electron chi connectivity index (χ1n) is 8.29. The molecule has 0 aromatic heterocycles. The maximum Gasteiger partial charge on any atom is 0.344 e. The molecule has 3 atom stereocenters. The van der Waals surface area contributed by atoms with Gasteiger partial charge in [-0.3, -0.25) is 4.79 Å². The number of hydrogen-bond acceptors (Lipinski definition) is 4. The lowest BCUT2D eigenvalue weighted by Gasteiger charge is -2.34. The van der Waals surface area contributed by atoms with Gasteiger partial charge in [-0.15, -0.1) is 0 Å². The maximum atomic E-state index is 11.9. The van der Waals surface area contributed by atoms with E-state index in [0.717, 1.165) is 12.8 Å². The van der Waals surface area contributed by atoms with E-state index in [-0.39, 0.29) is 25.2 Å². The van der Waals surface area contributed by atoms with Gasteiger partial charge in [-0.1, -0.05) is 50.4 Å². The van der Waals surface area contributed by atoms with E-state index >= 15 is 0 Å². The van der Waals surface area contributed by atoms with E-state index in [1.807, 2.05) is 0 Å². The largest absolute Gasteiger partial charge is 0.480 e. The predicted octanol–water partition coefficient (Wildman–Crippen LogP) is 3.20. The average Bonchev–Trinajstić information content (AvgIpc) is 2.56. The highest BCUT2D eigenvalue weighted by atomic mass is 35.5. The van der Waals surface area contributed by atoms with Gasteiger partial charge in [0.1, 0.15) is 5.75 Å². The van der Waals surface area contributed by atoms with Gasteiger partial charge in [0.25, 0.3) is 5.91 Å². The fourth-order valence-corrected chi connectivity index (χ4v) is 3.11. The molecule has 0 bridgehead atoms. The van der Waals surface area contributed by atoms with Crippen molar-refractivity contribution in [1.29, 1.82) is 0 Å². The number of carbonyl (C=O) groups is 2. The van der Waals surface area contributed by atoms with E-state index in [4.69, 9.17) is 21.1 Å². The van der Waals surface area contributed by atoms with Gasteiger partial charge in [0.05, 0.1) is 5.02 Å². The van der Waals surface area contributed by atoms with Gasteiger partial charge in [0.15, 0.2) is 13.2 Å². The van der Waals surface area contributed by atoms with Crippen LogP contribution in [0.5, 0.6) is 5.75 Å². The van der Waals surface area contributed by atoms with Gasteiger partial charge in [0, 0.05) is 6.04 Å². The van der Waals surface area contributed by atoms with Crippen LogP contribution in [0.2, 0.25) is 5.02 Å². The molecule has 0 spiro atoms. The summed E-state index contributed by atoms with van der Waals surface area (Å²) in [6, 6.07) is 7.01. The zero-order valence-corrected chi connectivity index (χ0v) is 14.8. The second-order valence-corrected chi connectivity index (χ2v) is 6.73. The van der Waals surface area contributed by atoms with E-state index in [0.29, 0.717) is 22.6 Å². The first kappa shape index (κ1) is 18.6. The van der Waals surface area contributed by atoms with Crippen molar-refractivity contribution in [3.05, 3.63) is 29.3 Å². The predicted molar refractivity (Wildman–Crippen MR) is 92.0 cm³/mol. The topological polar surface area (TPSA) is 64.6 Å². The first-order valence-corrected chi connectivity index (χ1v) is 8.67. The smallest absolute Gasteiger partial charge is 0.344 e. The molecule has 1 aliphatic carbocycles. The van der Waals surface area contributed by atoms with Crippen molar-refractivity contribution in [2.75, 3.05) is 13.2 Å². The second-order valence-electron chi connectivity index (χ2n) is 6.32. The van der Waals surface area contributed by atoms with Crippen molar-refractivity contribution < 1.29 is 19.1 Å². The first-order chi connectivity index (χ1) is 11.5. The van der Waals surface area contributed by atoms with Crippen LogP contribution in [0.3, 0.4) is 0 Å². The standard InChI is InChI=1S/C18H24ClNO4/c1-12-6-5-8-15(13(12)2)20-17(21)10-24-18(22)11-23-16-9-4-3-7-14(16)19/h3-4,7,9,12-13,15H,5-6,8,10-11H2,1-2H3,(H,20,21)/t12-,13+,15-/m1/s1. The molecule has 6 heteroatoms. The third kappa shape index (κ3) is 5.41. The third-order valence-corrected chi connectivity index (χ3v) is 4.91. The quantitative estimate of drug-likeness (QED) is 0.797. The number of carbonyl (C=O) groups excluding carboxylic acids is 2. The molecule has 132 valence electrons. The molecule has 1 fully saturated rings. The van der Waals surface area contributed by atoms with Crippen molar-refractivity contribution in [2.24, 2.45) is 11.8 Å². The molecule has 1 aromatic rings.